The van der Waals surface area contributed by atoms with E-state index in [1.807, 2.05) is 54.6 Å². The standard InChI is InChI=1S/C22H17F3N2O/c23-22(24,25)16-12-10-15(11-13-16)14-26-20-18-8-4-5-9-19(18)27(21(20)28)17-6-2-1-3-7-17/h1-12,16H,13-14H2. The van der Waals surface area contributed by atoms with Gasteiger partial charge in [-0.05, 0) is 30.2 Å². The Labute approximate surface area is 160 Å². The summed E-state index contributed by atoms with van der Waals surface area (Å²) >= 11 is 0. The van der Waals surface area contributed by atoms with Crippen molar-refractivity contribution in [1.29, 1.82) is 0 Å². The second kappa shape index (κ2) is 7.11. The molecule has 2 aromatic carbocycles. The number of halogens is 3. The van der Waals surface area contributed by atoms with Gasteiger partial charge in [-0.25, -0.2) is 0 Å². The van der Waals surface area contributed by atoms with E-state index in [1.54, 1.807) is 11.0 Å². The third-order valence-electron chi connectivity index (χ3n) is 4.84. The third-order valence-corrected chi connectivity index (χ3v) is 4.84. The molecule has 2 aromatic rings. The summed E-state index contributed by atoms with van der Waals surface area (Å²) in [6.07, 6.45) is -0.174. The van der Waals surface area contributed by atoms with Crippen molar-refractivity contribution in [1.82, 2.24) is 0 Å². The first-order valence-corrected chi connectivity index (χ1v) is 8.92. The lowest BCUT2D eigenvalue weighted by molar-refractivity contribution is -0.160. The van der Waals surface area contributed by atoms with Gasteiger partial charge in [-0.3, -0.25) is 14.7 Å². The summed E-state index contributed by atoms with van der Waals surface area (Å²) in [7, 11) is 0. The largest absolute Gasteiger partial charge is 0.395 e. The van der Waals surface area contributed by atoms with Crippen LogP contribution in [0.1, 0.15) is 12.0 Å². The number of nitrogens with zero attached hydrogens (tertiary/aromatic N) is 2. The van der Waals surface area contributed by atoms with Crippen LogP contribution in [0, 0.1) is 5.92 Å². The van der Waals surface area contributed by atoms with Crippen molar-refractivity contribution in [2.75, 3.05) is 11.4 Å². The number of anilines is 2. The van der Waals surface area contributed by atoms with E-state index in [9.17, 15) is 18.0 Å². The van der Waals surface area contributed by atoms with Gasteiger partial charge in [-0.2, -0.15) is 13.2 Å². The number of amides is 1. The fourth-order valence-corrected chi connectivity index (χ4v) is 3.38. The fraction of sp³-hybridized carbons (Fsp3) is 0.182. The molecule has 0 bridgehead atoms. The van der Waals surface area contributed by atoms with E-state index in [0.29, 0.717) is 11.3 Å². The molecule has 1 unspecified atom stereocenters. The number of hydrogen-bond donors (Lipinski definition) is 0. The Balaban J connectivity index is 1.60. The molecule has 0 saturated heterocycles. The Morgan fingerprint density at radius 3 is 2.43 bits per heavy atom. The van der Waals surface area contributed by atoms with Gasteiger partial charge in [-0.1, -0.05) is 54.6 Å². The van der Waals surface area contributed by atoms with Crippen molar-refractivity contribution < 1.29 is 18.0 Å². The highest BCUT2D eigenvalue weighted by atomic mass is 19.4. The van der Waals surface area contributed by atoms with Crippen molar-refractivity contribution in [3.8, 4) is 0 Å². The minimum Gasteiger partial charge on any atom is -0.275 e. The van der Waals surface area contributed by atoms with Gasteiger partial charge in [0.2, 0.25) is 0 Å². The molecule has 2 aliphatic rings. The monoisotopic (exact) mass is 382 g/mol. The van der Waals surface area contributed by atoms with Crippen molar-refractivity contribution in [2.45, 2.75) is 12.6 Å². The van der Waals surface area contributed by atoms with Gasteiger partial charge in [0.1, 0.15) is 5.71 Å². The Hall–Kier alpha value is -3.15. The second-order valence-corrected chi connectivity index (χ2v) is 6.68. The number of carbonyl (C=O) groups is 1. The van der Waals surface area contributed by atoms with E-state index >= 15 is 0 Å². The number of benzene rings is 2. The van der Waals surface area contributed by atoms with Gasteiger partial charge >= 0.3 is 6.18 Å². The molecule has 6 heteroatoms. The quantitative estimate of drug-likeness (QED) is 0.716. The number of para-hydroxylation sites is 2. The van der Waals surface area contributed by atoms with Crippen molar-refractivity contribution in [3.05, 3.63) is 84.0 Å². The maximum absolute atomic E-state index is 13.0. The molecule has 0 spiro atoms. The van der Waals surface area contributed by atoms with E-state index in [0.717, 1.165) is 23.0 Å². The number of aliphatic imine (C=N–C) groups is 1. The number of hydrogen-bond acceptors (Lipinski definition) is 2. The van der Waals surface area contributed by atoms with Crippen molar-refractivity contribution in [2.24, 2.45) is 10.9 Å². The minimum absolute atomic E-state index is 0.0964. The molecule has 4 rings (SSSR count). The Bertz CT molecular complexity index is 990. The average molecular weight is 382 g/mol. The number of carbonyl (C=O) groups excluding carboxylic acids is 1. The van der Waals surface area contributed by atoms with Gasteiger partial charge in [0.25, 0.3) is 5.91 Å². The number of alkyl halides is 3. The summed E-state index contributed by atoms with van der Waals surface area (Å²) in [6, 6.07) is 16.7. The van der Waals surface area contributed by atoms with Crippen LogP contribution in [0.2, 0.25) is 0 Å². The maximum Gasteiger partial charge on any atom is 0.395 e. The van der Waals surface area contributed by atoms with Crippen LogP contribution in [0.3, 0.4) is 0 Å². The summed E-state index contributed by atoms with van der Waals surface area (Å²) in [5.74, 6) is -1.69. The molecule has 0 radical (unpaired) electrons. The van der Waals surface area contributed by atoms with Crippen LogP contribution in [0.25, 0.3) is 0 Å². The first-order chi connectivity index (χ1) is 13.4. The fourth-order valence-electron chi connectivity index (χ4n) is 3.38. The molecule has 1 atom stereocenters. The van der Waals surface area contributed by atoms with E-state index in [4.69, 9.17) is 0 Å². The third kappa shape index (κ3) is 3.38. The van der Waals surface area contributed by atoms with Gasteiger partial charge in [-0.15, -0.1) is 0 Å². The highest BCUT2D eigenvalue weighted by Gasteiger charge is 2.38. The predicted octanol–water partition coefficient (Wildman–Crippen LogP) is 5.22. The Morgan fingerprint density at radius 1 is 1.04 bits per heavy atom. The van der Waals surface area contributed by atoms with Crippen LogP contribution in [-0.4, -0.2) is 24.3 Å². The van der Waals surface area contributed by atoms with Crippen LogP contribution in [-0.2, 0) is 4.79 Å². The lowest BCUT2D eigenvalue weighted by atomic mass is 9.96. The summed E-state index contributed by atoms with van der Waals surface area (Å²) in [5, 5.41) is 0. The van der Waals surface area contributed by atoms with Crippen LogP contribution < -0.4 is 4.90 Å². The molecule has 1 heterocycles. The van der Waals surface area contributed by atoms with E-state index in [1.165, 1.54) is 6.08 Å². The van der Waals surface area contributed by atoms with Gasteiger partial charge in [0.15, 0.2) is 0 Å². The topological polar surface area (TPSA) is 32.7 Å². The Kier molecular flexibility index (Phi) is 4.63. The molecular weight excluding hydrogens is 365 g/mol. The number of rotatable bonds is 3. The SMILES string of the molecule is O=C1C(=NCC2=CCC(C(F)(F)F)C=C2)c2ccccc2N1c1ccccc1. The molecule has 0 saturated carbocycles. The zero-order chi connectivity index (χ0) is 19.7. The lowest BCUT2D eigenvalue weighted by Gasteiger charge is -2.18. The molecule has 1 aliphatic heterocycles. The molecule has 3 nitrogen and oxygen atoms in total. The molecular formula is C22H17F3N2O. The molecule has 28 heavy (non-hydrogen) atoms. The first-order valence-electron chi connectivity index (χ1n) is 8.92. The average Bonchev–Trinajstić information content (AvgIpc) is 2.98. The molecule has 1 aliphatic carbocycles. The van der Waals surface area contributed by atoms with E-state index in [2.05, 4.69) is 4.99 Å². The highest BCUT2D eigenvalue weighted by Crippen LogP contribution is 2.36. The van der Waals surface area contributed by atoms with Gasteiger partial charge in [0.05, 0.1) is 18.2 Å². The molecule has 142 valence electrons. The summed E-state index contributed by atoms with van der Waals surface area (Å²) in [5.41, 5.74) is 3.23. The van der Waals surface area contributed by atoms with Gasteiger partial charge in [0, 0.05) is 11.3 Å². The van der Waals surface area contributed by atoms with E-state index < -0.39 is 12.1 Å². The van der Waals surface area contributed by atoms with Crippen molar-refractivity contribution >= 4 is 23.0 Å². The summed E-state index contributed by atoms with van der Waals surface area (Å²) in [4.78, 5) is 19.1. The van der Waals surface area contributed by atoms with Crippen molar-refractivity contribution in [3.63, 3.8) is 0 Å². The first kappa shape index (κ1) is 18.2. The zero-order valence-electron chi connectivity index (χ0n) is 14.9. The van der Waals surface area contributed by atoms with Gasteiger partial charge < -0.3 is 0 Å². The number of fused-ring (bicyclic) bond motifs is 1. The molecule has 0 fully saturated rings. The summed E-state index contributed by atoms with van der Waals surface area (Å²) in [6.45, 7) is 0.166. The van der Waals surface area contributed by atoms with Crippen LogP contribution in [0.4, 0.5) is 24.5 Å². The minimum atomic E-state index is -4.24. The second-order valence-electron chi connectivity index (χ2n) is 6.68. The Morgan fingerprint density at radius 2 is 1.75 bits per heavy atom. The molecule has 1 amide bonds. The zero-order valence-corrected chi connectivity index (χ0v) is 14.9. The maximum atomic E-state index is 13.0. The smallest absolute Gasteiger partial charge is 0.275 e. The summed E-state index contributed by atoms with van der Waals surface area (Å²) < 4.78 is 38.3. The van der Waals surface area contributed by atoms with E-state index in [-0.39, 0.29) is 18.9 Å². The number of allylic oxidation sites excluding steroid dienone is 2. The molecule has 0 N–H and O–H groups in total. The lowest BCUT2D eigenvalue weighted by Crippen LogP contribution is -2.25. The van der Waals surface area contributed by atoms with Crippen LogP contribution in [0.5, 0.6) is 0 Å². The normalized spacial score (nSPS) is 20.5. The van der Waals surface area contributed by atoms with Crippen LogP contribution >= 0.6 is 0 Å². The highest BCUT2D eigenvalue weighted by molar-refractivity contribution is 6.55. The molecule has 0 aromatic heterocycles. The van der Waals surface area contributed by atoms with Crippen LogP contribution in [0.15, 0.2) is 83.4 Å². The predicted molar refractivity (Wildman–Crippen MR) is 103 cm³/mol.